The molecule has 3 N–H and O–H groups in total. The van der Waals surface area contributed by atoms with Gasteiger partial charge in [0.05, 0.1) is 32.5 Å². The number of nitrogens with one attached hydrogen (secondary N) is 1. The molecule has 0 aromatic heterocycles. The van der Waals surface area contributed by atoms with Crippen LogP contribution in [0.25, 0.3) is 0 Å². The van der Waals surface area contributed by atoms with Crippen LogP contribution in [-0.2, 0) is 6.42 Å². The molecule has 1 unspecified atom stereocenters. The minimum atomic E-state index is -1.02. The molecule has 0 saturated heterocycles. The smallest absolute Gasteiger partial charge is 0.161 e. The molecule has 2 aromatic rings. The van der Waals surface area contributed by atoms with E-state index in [0.717, 1.165) is 16.7 Å². The summed E-state index contributed by atoms with van der Waals surface area (Å²) < 4.78 is 11.1. The lowest BCUT2D eigenvalue weighted by Crippen LogP contribution is -2.33. The molecule has 5 heteroatoms. The van der Waals surface area contributed by atoms with E-state index in [4.69, 9.17) is 9.47 Å². The van der Waals surface area contributed by atoms with Crippen molar-refractivity contribution in [3.8, 4) is 11.5 Å². The van der Waals surface area contributed by atoms with Gasteiger partial charge in [0, 0.05) is 12.5 Å². The van der Waals surface area contributed by atoms with Gasteiger partial charge in [0.25, 0.3) is 0 Å². The van der Waals surface area contributed by atoms with Gasteiger partial charge in [-0.3, -0.25) is 0 Å². The molecular formula is C28H37NO4. The summed E-state index contributed by atoms with van der Waals surface area (Å²) in [7, 11) is 3.20. The van der Waals surface area contributed by atoms with Gasteiger partial charge < -0.3 is 25.0 Å². The van der Waals surface area contributed by atoms with Gasteiger partial charge in [0.15, 0.2) is 11.5 Å². The summed E-state index contributed by atoms with van der Waals surface area (Å²) >= 11 is 0. The number of hydrogen-bond acceptors (Lipinski definition) is 5. The zero-order valence-corrected chi connectivity index (χ0v) is 19.8. The van der Waals surface area contributed by atoms with Crippen molar-refractivity contribution in [2.75, 3.05) is 20.8 Å². The molecule has 0 spiro atoms. The number of hydrogen-bond donors (Lipinski definition) is 3. The van der Waals surface area contributed by atoms with E-state index in [2.05, 4.69) is 25.1 Å². The molecule has 0 radical (unpaired) electrons. The zero-order valence-electron chi connectivity index (χ0n) is 19.8. The van der Waals surface area contributed by atoms with Crippen molar-refractivity contribution in [3.05, 3.63) is 97.1 Å². The van der Waals surface area contributed by atoms with Crippen molar-refractivity contribution in [2.45, 2.75) is 43.4 Å². The Hall–Kier alpha value is -2.86. The normalized spacial score (nSPS) is 13.1. The quantitative estimate of drug-likeness (QED) is 0.330. The maximum atomic E-state index is 11.3. The number of methoxy groups -OCH3 is 2. The molecule has 5 nitrogen and oxygen atoms in total. The molecule has 0 aliphatic carbocycles. The SMILES string of the molecule is C=CCC(N[C@@H](CO)c1ccccc1)c1cc(OC)c(OC)cc1CC(O)(CC=C)CC=C. The minimum absolute atomic E-state index is 0.0584. The molecule has 2 atom stereocenters. The summed E-state index contributed by atoms with van der Waals surface area (Å²) in [5.74, 6) is 1.19. The van der Waals surface area contributed by atoms with E-state index in [9.17, 15) is 10.2 Å². The summed E-state index contributed by atoms with van der Waals surface area (Å²) in [5.41, 5.74) is 1.84. The highest BCUT2D eigenvalue weighted by atomic mass is 16.5. The first-order valence-corrected chi connectivity index (χ1v) is 11.2. The van der Waals surface area contributed by atoms with Gasteiger partial charge >= 0.3 is 0 Å². The van der Waals surface area contributed by atoms with Gasteiger partial charge in [-0.05, 0) is 48.1 Å². The molecule has 0 amide bonds. The first-order chi connectivity index (χ1) is 15.9. The average molecular weight is 452 g/mol. The summed E-state index contributed by atoms with van der Waals surface area (Å²) in [4.78, 5) is 0. The Balaban J connectivity index is 2.56. The highest BCUT2D eigenvalue weighted by molar-refractivity contribution is 5.49. The van der Waals surface area contributed by atoms with Gasteiger partial charge in [-0.25, -0.2) is 0 Å². The van der Waals surface area contributed by atoms with Crippen molar-refractivity contribution >= 4 is 0 Å². The Labute approximate surface area is 198 Å². The predicted octanol–water partition coefficient (Wildman–Crippen LogP) is 5.07. The topological polar surface area (TPSA) is 71.0 Å². The predicted molar refractivity (Wildman–Crippen MR) is 135 cm³/mol. The molecule has 0 aliphatic heterocycles. The third kappa shape index (κ3) is 7.06. The molecule has 0 saturated carbocycles. The summed E-state index contributed by atoms with van der Waals surface area (Å²) in [6.07, 6.45) is 7.14. The van der Waals surface area contributed by atoms with Crippen LogP contribution in [0.4, 0.5) is 0 Å². The lowest BCUT2D eigenvalue weighted by molar-refractivity contribution is 0.0463. The number of ether oxygens (including phenoxy) is 2. The van der Waals surface area contributed by atoms with Crippen LogP contribution in [0.15, 0.2) is 80.4 Å². The number of aliphatic hydroxyl groups is 2. The van der Waals surface area contributed by atoms with Crippen molar-refractivity contribution in [2.24, 2.45) is 0 Å². The van der Waals surface area contributed by atoms with Crippen LogP contribution in [0.1, 0.15) is 48.0 Å². The molecular weight excluding hydrogens is 414 g/mol. The van der Waals surface area contributed by atoms with Crippen molar-refractivity contribution in [1.82, 2.24) is 5.32 Å². The molecule has 0 bridgehead atoms. The van der Waals surface area contributed by atoms with Crippen LogP contribution >= 0.6 is 0 Å². The van der Waals surface area contributed by atoms with Crippen LogP contribution in [0.5, 0.6) is 11.5 Å². The number of rotatable bonds is 15. The molecule has 178 valence electrons. The van der Waals surface area contributed by atoms with Crippen LogP contribution in [0.2, 0.25) is 0 Å². The van der Waals surface area contributed by atoms with E-state index >= 15 is 0 Å². The lowest BCUT2D eigenvalue weighted by atomic mass is 9.84. The van der Waals surface area contributed by atoms with Crippen molar-refractivity contribution < 1.29 is 19.7 Å². The fourth-order valence-electron chi connectivity index (χ4n) is 4.17. The first kappa shape index (κ1) is 26.4. The summed E-state index contributed by atoms with van der Waals surface area (Å²) in [5, 5.41) is 25.0. The molecule has 2 rings (SSSR count). The second kappa shape index (κ2) is 13.0. The second-order valence-electron chi connectivity index (χ2n) is 8.18. The maximum Gasteiger partial charge on any atom is 0.161 e. The highest BCUT2D eigenvalue weighted by Gasteiger charge is 2.29. The van der Waals surface area contributed by atoms with E-state index in [0.29, 0.717) is 37.2 Å². The fourth-order valence-corrected chi connectivity index (χ4v) is 4.17. The Morgan fingerprint density at radius 1 is 0.939 bits per heavy atom. The van der Waals surface area contributed by atoms with Crippen LogP contribution < -0.4 is 14.8 Å². The molecule has 0 fully saturated rings. The lowest BCUT2D eigenvalue weighted by Gasteiger charge is -2.31. The standard InChI is InChI=1S/C28H37NO4/c1-6-12-24(29-25(20-30)21-13-10-9-11-14-21)23-18-27(33-5)26(32-4)17-22(23)19-28(31,15-7-2)16-8-3/h6-11,13-14,17-18,24-25,29-31H,1-3,12,15-16,19-20H2,4-5H3/t24?,25-/m0/s1. The number of benzene rings is 2. The van der Waals surface area contributed by atoms with Gasteiger partial charge in [-0.2, -0.15) is 0 Å². The van der Waals surface area contributed by atoms with Gasteiger partial charge in [-0.1, -0.05) is 48.6 Å². The van der Waals surface area contributed by atoms with Gasteiger partial charge in [-0.15, -0.1) is 19.7 Å². The molecule has 0 heterocycles. The summed E-state index contributed by atoms with van der Waals surface area (Å²) in [6.45, 7) is 11.5. The van der Waals surface area contributed by atoms with E-state index in [-0.39, 0.29) is 18.7 Å². The fraction of sp³-hybridized carbons (Fsp3) is 0.357. The highest BCUT2D eigenvalue weighted by Crippen LogP contribution is 2.38. The largest absolute Gasteiger partial charge is 0.493 e. The maximum absolute atomic E-state index is 11.3. The minimum Gasteiger partial charge on any atom is -0.493 e. The molecule has 2 aromatic carbocycles. The van der Waals surface area contributed by atoms with Gasteiger partial charge in [0.1, 0.15) is 0 Å². The van der Waals surface area contributed by atoms with E-state index in [1.54, 1.807) is 26.4 Å². The third-order valence-corrected chi connectivity index (χ3v) is 5.78. The van der Waals surface area contributed by atoms with Crippen molar-refractivity contribution in [1.29, 1.82) is 0 Å². The van der Waals surface area contributed by atoms with Crippen molar-refractivity contribution in [3.63, 3.8) is 0 Å². The Kier molecular flexibility index (Phi) is 10.4. The van der Waals surface area contributed by atoms with E-state index in [1.807, 2.05) is 48.5 Å². The Morgan fingerprint density at radius 3 is 2.06 bits per heavy atom. The second-order valence-corrected chi connectivity index (χ2v) is 8.18. The van der Waals surface area contributed by atoms with Crippen LogP contribution in [0.3, 0.4) is 0 Å². The van der Waals surface area contributed by atoms with E-state index in [1.165, 1.54) is 0 Å². The molecule has 33 heavy (non-hydrogen) atoms. The monoisotopic (exact) mass is 451 g/mol. The van der Waals surface area contributed by atoms with Gasteiger partial charge in [0.2, 0.25) is 0 Å². The average Bonchev–Trinajstić information content (AvgIpc) is 2.82. The Morgan fingerprint density at radius 2 is 1.55 bits per heavy atom. The van der Waals surface area contributed by atoms with E-state index < -0.39 is 5.60 Å². The molecule has 0 aliphatic rings. The first-order valence-electron chi connectivity index (χ1n) is 11.2. The Bertz CT molecular complexity index is 900. The third-order valence-electron chi connectivity index (χ3n) is 5.78. The zero-order chi connectivity index (χ0) is 24.3. The summed E-state index contributed by atoms with van der Waals surface area (Å²) in [6, 6.07) is 13.2. The van der Waals surface area contributed by atoms with Crippen LogP contribution in [-0.4, -0.2) is 36.6 Å². The van der Waals surface area contributed by atoms with Crippen LogP contribution in [0, 0.1) is 0 Å². The number of aliphatic hydroxyl groups excluding tert-OH is 1.